The highest BCUT2D eigenvalue weighted by atomic mass is 16.5. The molecule has 39 heavy (non-hydrogen) atoms. The zero-order valence-electron chi connectivity index (χ0n) is 23.2. The molecule has 0 atom stereocenters. The maximum absolute atomic E-state index is 13.1. The number of Topliss-reactive ketones (excluding diaryl/α,β-unsaturated/α-hetero) is 1. The molecule has 1 fully saturated rings. The third kappa shape index (κ3) is 7.57. The minimum atomic E-state index is -0.332. The molecule has 3 rings (SSSR count). The van der Waals surface area contributed by atoms with Crippen LogP contribution in [0.5, 0.6) is 0 Å². The normalized spacial score (nSPS) is 18.3. The van der Waals surface area contributed by atoms with Crippen molar-refractivity contribution in [1.82, 2.24) is 10.6 Å². The fourth-order valence-corrected chi connectivity index (χ4v) is 5.02. The van der Waals surface area contributed by atoms with E-state index in [0.717, 1.165) is 48.8 Å². The van der Waals surface area contributed by atoms with Crippen LogP contribution < -0.4 is 15.5 Å². The lowest BCUT2D eigenvalue weighted by atomic mass is 9.91. The number of nitrogens with zero attached hydrogens (tertiary/aromatic N) is 1. The summed E-state index contributed by atoms with van der Waals surface area (Å²) in [5, 5.41) is 16.1. The number of nitrogens with one attached hydrogen (secondary N) is 2. The van der Waals surface area contributed by atoms with Gasteiger partial charge in [0.05, 0.1) is 19.2 Å². The standard InChI is InChI=1S/C31H39N3O5/c1-21(22(2)30(39-4)23(3)31(38)33-26-16-14-25(15-17-26)32-19-35)27-12-8-9-13-28(27)34(20-36)18-29(37)24-10-6-5-7-11-24/h5-13,19,25-26,36H,14-18,20H2,1-4H3,(H,32,35)(H,33,38)/b22-21+,30-23-. The lowest BCUT2D eigenvalue weighted by molar-refractivity contribution is -0.118. The van der Waals surface area contributed by atoms with Crippen LogP contribution >= 0.6 is 0 Å². The van der Waals surface area contributed by atoms with Gasteiger partial charge in [0.1, 0.15) is 12.5 Å². The molecule has 2 aromatic carbocycles. The number of rotatable bonds is 12. The van der Waals surface area contributed by atoms with E-state index in [-0.39, 0.29) is 37.0 Å². The Morgan fingerprint density at radius 1 is 0.949 bits per heavy atom. The number of carbonyl (C=O) groups is 3. The van der Waals surface area contributed by atoms with Crippen LogP contribution in [0.25, 0.3) is 5.57 Å². The van der Waals surface area contributed by atoms with Crippen LogP contribution in [-0.4, -0.2) is 55.7 Å². The molecule has 8 nitrogen and oxygen atoms in total. The van der Waals surface area contributed by atoms with E-state index in [1.54, 1.807) is 31.1 Å². The minimum absolute atomic E-state index is 0.0167. The van der Waals surface area contributed by atoms with Gasteiger partial charge in [-0.25, -0.2) is 0 Å². The molecule has 0 heterocycles. The first-order chi connectivity index (χ1) is 18.8. The Hall–Kier alpha value is -3.91. The van der Waals surface area contributed by atoms with Crippen LogP contribution in [0.15, 0.2) is 71.5 Å². The monoisotopic (exact) mass is 533 g/mol. The average Bonchev–Trinajstić information content (AvgIpc) is 2.97. The van der Waals surface area contributed by atoms with Crippen molar-refractivity contribution < 1.29 is 24.2 Å². The zero-order chi connectivity index (χ0) is 28.4. The molecular weight excluding hydrogens is 494 g/mol. The minimum Gasteiger partial charge on any atom is -0.496 e. The van der Waals surface area contributed by atoms with E-state index >= 15 is 0 Å². The summed E-state index contributed by atoms with van der Waals surface area (Å²) in [5.41, 5.74) is 4.23. The Morgan fingerprint density at radius 2 is 1.56 bits per heavy atom. The second kappa shape index (κ2) is 14.3. The summed E-state index contributed by atoms with van der Waals surface area (Å²) < 4.78 is 5.72. The number of allylic oxidation sites excluding steroid dienone is 2. The number of ketones is 1. The molecule has 0 spiro atoms. The van der Waals surface area contributed by atoms with Crippen LogP contribution in [0, 0.1) is 0 Å². The van der Waals surface area contributed by atoms with Crippen LogP contribution in [0.3, 0.4) is 0 Å². The maximum Gasteiger partial charge on any atom is 0.250 e. The number of aliphatic hydroxyl groups excluding tert-OH is 1. The second-order valence-corrected chi connectivity index (χ2v) is 9.86. The van der Waals surface area contributed by atoms with E-state index in [0.29, 0.717) is 22.6 Å². The Bertz CT molecular complexity index is 1210. The lowest BCUT2D eigenvalue weighted by Gasteiger charge is -2.29. The molecule has 2 amide bonds. The van der Waals surface area contributed by atoms with Gasteiger partial charge in [-0.05, 0) is 63.7 Å². The number of benzene rings is 2. The Balaban J connectivity index is 1.84. The molecule has 0 radical (unpaired) electrons. The summed E-state index contributed by atoms with van der Waals surface area (Å²) in [6.45, 7) is 5.27. The average molecular weight is 534 g/mol. The van der Waals surface area contributed by atoms with E-state index < -0.39 is 0 Å². The second-order valence-electron chi connectivity index (χ2n) is 9.86. The summed E-state index contributed by atoms with van der Waals surface area (Å²) in [5.74, 6) is 0.190. The van der Waals surface area contributed by atoms with E-state index in [9.17, 15) is 19.5 Å². The molecule has 1 aliphatic carbocycles. The fourth-order valence-electron chi connectivity index (χ4n) is 5.02. The highest BCUT2D eigenvalue weighted by Gasteiger charge is 2.24. The lowest BCUT2D eigenvalue weighted by Crippen LogP contribution is -2.42. The number of methoxy groups -OCH3 is 1. The van der Waals surface area contributed by atoms with Crippen molar-refractivity contribution >= 4 is 29.4 Å². The van der Waals surface area contributed by atoms with Gasteiger partial charge in [-0.3, -0.25) is 14.4 Å². The van der Waals surface area contributed by atoms with Crippen molar-refractivity contribution in [3.05, 3.63) is 82.6 Å². The summed E-state index contributed by atoms with van der Waals surface area (Å²) in [7, 11) is 1.55. The third-order valence-electron chi connectivity index (χ3n) is 7.40. The van der Waals surface area contributed by atoms with Crippen LogP contribution in [0.1, 0.15) is 62.4 Å². The van der Waals surface area contributed by atoms with Gasteiger partial charge in [-0.15, -0.1) is 0 Å². The number of hydrogen-bond donors (Lipinski definition) is 3. The van der Waals surface area contributed by atoms with Gasteiger partial charge in [-0.1, -0.05) is 48.5 Å². The van der Waals surface area contributed by atoms with Gasteiger partial charge in [0.25, 0.3) is 5.91 Å². The predicted octanol–water partition coefficient (Wildman–Crippen LogP) is 4.21. The summed E-state index contributed by atoms with van der Waals surface area (Å²) in [6, 6.07) is 16.8. The number of para-hydroxylation sites is 1. The molecule has 0 aliphatic heterocycles. The molecule has 0 aromatic heterocycles. The number of amides is 2. The third-order valence-corrected chi connectivity index (χ3v) is 7.40. The molecular formula is C31H39N3O5. The zero-order valence-corrected chi connectivity index (χ0v) is 23.2. The molecule has 208 valence electrons. The first kappa shape index (κ1) is 29.6. The first-order valence-corrected chi connectivity index (χ1v) is 13.3. The molecule has 1 aliphatic rings. The van der Waals surface area contributed by atoms with Gasteiger partial charge < -0.3 is 25.4 Å². The fraction of sp³-hybridized carbons (Fsp3) is 0.387. The van der Waals surface area contributed by atoms with Crippen molar-refractivity contribution in [3.8, 4) is 0 Å². The van der Waals surface area contributed by atoms with Crippen molar-refractivity contribution in [2.75, 3.05) is 25.3 Å². The van der Waals surface area contributed by atoms with Crippen LogP contribution in [0.2, 0.25) is 0 Å². The Morgan fingerprint density at radius 3 is 2.18 bits per heavy atom. The van der Waals surface area contributed by atoms with Crippen LogP contribution in [0.4, 0.5) is 5.69 Å². The number of anilines is 1. The molecule has 0 saturated heterocycles. The summed E-state index contributed by atoms with van der Waals surface area (Å²) >= 11 is 0. The number of hydrogen-bond acceptors (Lipinski definition) is 6. The van der Waals surface area contributed by atoms with Gasteiger partial charge in [0, 0.05) is 28.9 Å². The topological polar surface area (TPSA) is 108 Å². The Kier molecular flexibility index (Phi) is 10.9. The number of carbonyl (C=O) groups excluding carboxylic acids is 3. The number of ether oxygens (including phenoxy) is 1. The smallest absolute Gasteiger partial charge is 0.250 e. The van der Waals surface area contributed by atoms with Crippen molar-refractivity contribution in [1.29, 1.82) is 0 Å². The van der Waals surface area contributed by atoms with Gasteiger partial charge in [0.2, 0.25) is 6.41 Å². The molecule has 3 N–H and O–H groups in total. The largest absolute Gasteiger partial charge is 0.496 e. The summed E-state index contributed by atoms with van der Waals surface area (Å²) in [6.07, 6.45) is 3.98. The molecule has 2 aromatic rings. The van der Waals surface area contributed by atoms with Crippen molar-refractivity contribution in [3.63, 3.8) is 0 Å². The maximum atomic E-state index is 13.1. The molecule has 8 heteroatoms. The van der Waals surface area contributed by atoms with Gasteiger partial charge in [-0.2, -0.15) is 0 Å². The van der Waals surface area contributed by atoms with Gasteiger partial charge in [0.15, 0.2) is 5.78 Å². The molecule has 1 saturated carbocycles. The Labute approximate surface area is 230 Å². The highest BCUT2D eigenvalue weighted by Crippen LogP contribution is 2.32. The van der Waals surface area contributed by atoms with Crippen molar-refractivity contribution in [2.24, 2.45) is 0 Å². The SMILES string of the molecule is COC(=C(/C)C(=O)NC1CCC(NC=O)CC1)/C(C)=C(\C)c1ccccc1N(CO)CC(=O)c1ccccc1. The van der Waals surface area contributed by atoms with Gasteiger partial charge >= 0.3 is 0 Å². The predicted molar refractivity (Wildman–Crippen MR) is 153 cm³/mol. The first-order valence-electron chi connectivity index (χ1n) is 13.3. The van der Waals surface area contributed by atoms with Crippen LogP contribution in [-0.2, 0) is 14.3 Å². The molecule has 0 unspecified atom stereocenters. The quantitative estimate of drug-likeness (QED) is 0.0942. The van der Waals surface area contributed by atoms with Crippen molar-refractivity contribution in [2.45, 2.75) is 58.5 Å². The van der Waals surface area contributed by atoms with E-state index in [1.807, 2.05) is 56.3 Å². The number of aliphatic hydroxyl groups is 1. The molecule has 0 bridgehead atoms. The van der Waals surface area contributed by atoms with E-state index in [1.165, 1.54) is 0 Å². The van der Waals surface area contributed by atoms with E-state index in [2.05, 4.69) is 10.6 Å². The highest BCUT2D eigenvalue weighted by molar-refractivity contribution is 5.99. The van der Waals surface area contributed by atoms with E-state index in [4.69, 9.17) is 4.74 Å². The summed E-state index contributed by atoms with van der Waals surface area (Å²) in [4.78, 5) is 38.3.